The lowest BCUT2D eigenvalue weighted by molar-refractivity contribution is -0.139. The number of nitrogens with one attached hydrogen (secondary N) is 1. The Morgan fingerprint density at radius 2 is 2.21 bits per heavy atom. The number of thioether (sulfide) groups is 1. The maximum Gasteiger partial charge on any atom is 0.326 e. The van der Waals surface area contributed by atoms with Crippen molar-refractivity contribution < 1.29 is 14.7 Å². The van der Waals surface area contributed by atoms with Crippen LogP contribution in [0.3, 0.4) is 0 Å². The molecule has 6 heteroatoms. The minimum absolute atomic E-state index is 0.290. The van der Waals surface area contributed by atoms with Crippen molar-refractivity contribution >= 4 is 35.0 Å². The summed E-state index contributed by atoms with van der Waals surface area (Å²) < 4.78 is 0. The number of amides is 1. The molecule has 1 atom stereocenters. The monoisotopic (exact) mass is 301 g/mol. The zero-order valence-electron chi connectivity index (χ0n) is 11.4. The SMILES string of the molecule is CCc1cc(C(=O)N[C@@H](CCSC)C(=O)O)sc1C. The van der Waals surface area contributed by atoms with Crippen LogP contribution < -0.4 is 5.32 Å². The Kier molecular flexibility index (Phi) is 6.37. The molecule has 0 aliphatic heterocycles. The van der Waals surface area contributed by atoms with E-state index < -0.39 is 12.0 Å². The predicted octanol–water partition coefficient (Wildman–Crippen LogP) is 2.56. The normalized spacial score (nSPS) is 12.2. The number of aryl methyl sites for hydroxylation is 2. The van der Waals surface area contributed by atoms with Crippen LogP contribution in [0.2, 0.25) is 0 Å². The third kappa shape index (κ3) is 4.54. The zero-order chi connectivity index (χ0) is 14.4. The van der Waals surface area contributed by atoms with Crippen molar-refractivity contribution in [3.05, 3.63) is 21.4 Å². The van der Waals surface area contributed by atoms with Crippen LogP contribution in [0.15, 0.2) is 6.07 Å². The van der Waals surface area contributed by atoms with Crippen molar-refractivity contribution in [1.82, 2.24) is 5.32 Å². The van der Waals surface area contributed by atoms with Crippen LogP contribution in [-0.2, 0) is 11.2 Å². The summed E-state index contributed by atoms with van der Waals surface area (Å²) in [6.45, 7) is 4.01. The van der Waals surface area contributed by atoms with Crippen LogP contribution in [0.25, 0.3) is 0 Å². The standard InChI is InChI=1S/C13H19NO3S2/c1-4-9-7-11(19-8(9)2)12(15)14-10(13(16)17)5-6-18-3/h7,10H,4-6H2,1-3H3,(H,14,15)(H,16,17)/t10-/m0/s1. The molecule has 1 heterocycles. The second-order valence-electron chi connectivity index (χ2n) is 4.19. The summed E-state index contributed by atoms with van der Waals surface area (Å²) in [6.07, 6.45) is 3.23. The Balaban J connectivity index is 2.72. The molecule has 0 bridgehead atoms. The molecule has 19 heavy (non-hydrogen) atoms. The average molecular weight is 301 g/mol. The third-order valence-electron chi connectivity index (χ3n) is 2.84. The molecular weight excluding hydrogens is 282 g/mol. The number of rotatable bonds is 7. The van der Waals surface area contributed by atoms with Gasteiger partial charge in [-0.1, -0.05) is 6.92 Å². The number of carbonyl (C=O) groups excluding carboxylic acids is 1. The van der Waals surface area contributed by atoms with E-state index in [1.165, 1.54) is 11.3 Å². The highest BCUT2D eigenvalue weighted by Gasteiger charge is 2.21. The summed E-state index contributed by atoms with van der Waals surface area (Å²) in [7, 11) is 0. The molecule has 0 aromatic carbocycles. The van der Waals surface area contributed by atoms with Crippen LogP contribution in [0.5, 0.6) is 0 Å². The molecule has 4 nitrogen and oxygen atoms in total. The fourth-order valence-corrected chi connectivity index (χ4v) is 3.19. The first-order chi connectivity index (χ1) is 8.99. The summed E-state index contributed by atoms with van der Waals surface area (Å²) in [6, 6.07) is 1.04. The van der Waals surface area contributed by atoms with Gasteiger partial charge in [0.1, 0.15) is 6.04 Å². The molecule has 1 aromatic heterocycles. The van der Waals surface area contributed by atoms with Gasteiger partial charge in [-0.05, 0) is 43.4 Å². The van der Waals surface area contributed by atoms with Crippen molar-refractivity contribution in [3.63, 3.8) is 0 Å². The molecule has 0 unspecified atom stereocenters. The molecule has 0 saturated heterocycles. The molecular formula is C13H19NO3S2. The molecule has 0 fully saturated rings. The third-order valence-corrected chi connectivity index (χ3v) is 4.57. The Labute approximate surface area is 121 Å². The average Bonchev–Trinajstić information content (AvgIpc) is 2.75. The lowest BCUT2D eigenvalue weighted by Gasteiger charge is -2.12. The van der Waals surface area contributed by atoms with E-state index in [1.54, 1.807) is 11.8 Å². The first-order valence-electron chi connectivity index (χ1n) is 6.11. The number of hydrogen-bond acceptors (Lipinski definition) is 4. The van der Waals surface area contributed by atoms with Crippen molar-refractivity contribution in [1.29, 1.82) is 0 Å². The fourth-order valence-electron chi connectivity index (χ4n) is 1.71. The fraction of sp³-hybridized carbons (Fsp3) is 0.538. The Morgan fingerprint density at radius 1 is 1.53 bits per heavy atom. The number of thiophene rings is 1. The second kappa shape index (κ2) is 7.55. The van der Waals surface area contributed by atoms with E-state index in [1.807, 2.05) is 26.2 Å². The van der Waals surface area contributed by atoms with Crippen LogP contribution in [0.4, 0.5) is 0 Å². The molecule has 0 saturated carbocycles. The summed E-state index contributed by atoms with van der Waals surface area (Å²) >= 11 is 2.98. The Morgan fingerprint density at radius 3 is 2.68 bits per heavy atom. The number of carboxylic acids is 1. The van der Waals surface area contributed by atoms with E-state index in [2.05, 4.69) is 5.32 Å². The first-order valence-corrected chi connectivity index (χ1v) is 8.32. The van der Waals surface area contributed by atoms with Crippen LogP contribution in [0.1, 0.15) is 33.5 Å². The first kappa shape index (κ1) is 16.0. The van der Waals surface area contributed by atoms with Crippen molar-refractivity contribution in [2.45, 2.75) is 32.7 Å². The molecule has 0 aliphatic rings. The number of carbonyl (C=O) groups is 2. The quantitative estimate of drug-likeness (QED) is 0.812. The zero-order valence-corrected chi connectivity index (χ0v) is 13.0. The van der Waals surface area contributed by atoms with Gasteiger partial charge in [0.2, 0.25) is 0 Å². The van der Waals surface area contributed by atoms with Crippen molar-refractivity contribution in [3.8, 4) is 0 Å². The van der Waals surface area contributed by atoms with E-state index >= 15 is 0 Å². The molecule has 1 amide bonds. The smallest absolute Gasteiger partial charge is 0.326 e. The minimum atomic E-state index is -0.980. The van der Waals surface area contributed by atoms with Gasteiger partial charge in [-0.2, -0.15) is 11.8 Å². The van der Waals surface area contributed by atoms with Gasteiger partial charge in [-0.3, -0.25) is 4.79 Å². The van der Waals surface area contributed by atoms with Gasteiger partial charge < -0.3 is 10.4 Å². The van der Waals surface area contributed by atoms with Gasteiger partial charge in [0, 0.05) is 4.88 Å². The van der Waals surface area contributed by atoms with Gasteiger partial charge in [-0.15, -0.1) is 11.3 Å². The summed E-state index contributed by atoms with van der Waals surface area (Å²) in [5, 5.41) is 11.7. The van der Waals surface area contributed by atoms with Gasteiger partial charge >= 0.3 is 5.97 Å². The molecule has 1 aromatic rings. The molecule has 1 rings (SSSR count). The molecule has 2 N–H and O–H groups in total. The van der Waals surface area contributed by atoms with Crippen molar-refractivity contribution in [2.24, 2.45) is 0 Å². The maximum atomic E-state index is 12.0. The van der Waals surface area contributed by atoms with Crippen LogP contribution in [0, 0.1) is 6.92 Å². The lowest BCUT2D eigenvalue weighted by Crippen LogP contribution is -2.40. The second-order valence-corrected chi connectivity index (χ2v) is 6.43. The highest BCUT2D eigenvalue weighted by atomic mass is 32.2. The lowest BCUT2D eigenvalue weighted by atomic mass is 10.2. The summed E-state index contributed by atoms with van der Waals surface area (Å²) in [5.41, 5.74) is 1.14. The predicted molar refractivity (Wildman–Crippen MR) is 80.3 cm³/mol. The number of aliphatic carboxylic acids is 1. The van der Waals surface area contributed by atoms with Gasteiger partial charge in [0.05, 0.1) is 4.88 Å². The summed E-state index contributed by atoms with van der Waals surface area (Å²) in [4.78, 5) is 24.8. The highest BCUT2D eigenvalue weighted by Crippen LogP contribution is 2.22. The Hall–Kier alpha value is -1.01. The highest BCUT2D eigenvalue weighted by molar-refractivity contribution is 7.98. The molecule has 0 radical (unpaired) electrons. The van der Waals surface area contributed by atoms with Crippen LogP contribution in [-0.4, -0.2) is 35.0 Å². The maximum absolute atomic E-state index is 12.0. The van der Waals surface area contributed by atoms with Gasteiger partial charge in [0.25, 0.3) is 5.91 Å². The van der Waals surface area contributed by atoms with Gasteiger partial charge in [0.15, 0.2) is 0 Å². The van der Waals surface area contributed by atoms with Crippen LogP contribution >= 0.6 is 23.1 Å². The number of hydrogen-bond donors (Lipinski definition) is 2. The largest absolute Gasteiger partial charge is 0.480 e. The van der Waals surface area contributed by atoms with E-state index in [-0.39, 0.29) is 5.91 Å². The molecule has 0 spiro atoms. The van der Waals surface area contributed by atoms with Crippen molar-refractivity contribution in [2.75, 3.05) is 12.0 Å². The minimum Gasteiger partial charge on any atom is -0.480 e. The molecule has 106 valence electrons. The van der Waals surface area contributed by atoms with E-state index in [0.717, 1.165) is 16.9 Å². The van der Waals surface area contributed by atoms with E-state index in [9.17, 15) is 9.59 Å². The number of carboxylic acid groups (broad SMARTS) is 1. The summed E-state index contributed by atoms with van der Waals surface area (Å²) in [5.74, 6) is -0.561. The molecule has 0 aliphatic carbocycles. The van der Waals surface area contributed by atoms with Gasteiger partial charge in [-0.25, -0.2) is 4.79 Å². The topological polar surface area (TPSA) is 66.4 Å². The Bertz CT molecular complexity index is 457. The van der Waals surface area contributed by atoms with E-state index in [0.29, 0.717) is 17.1 Å². The van der Waals surface area contributed by atoms with E-state index in [4.69, 9.17) is 5.11 Å².